The SMILES string of the molecule is CCCNC/C(=C/c1cc(Cl)cc(Cl)c1)C1CCCCC1. The van der Waals surface area contributed by atoms with Crippen molar-refractivity contribution >= 4 is 29.3 Å². The molecule has 1 saturated carbocycles. The maximum atomic E-state index is 6.12. The van der Waals surface area contributed by atoms with Crippen LogP contribution in [0.3, 0.4) is 0 Å². The summed E-state index contributed by atoms with van der Waals surface area (Å²) >= 11 is 12.2. The molecule has 3 heteroatoms. The number of benzene rings is 1. The lowest BCUT2D eigenvalue weighted by Gasteiger charge is -2.25. The van der Waals surface area contributed by atoms with Crippen molar-refractivity contribution in [3.63, 3.8) is 0 Å². The fourth-order valence-electron chi connectivity index (χ4n) is 3.07. The van der Waals surface area contributed by atoms with Crippen LogP contribution in [0.4, 0.5) is 0 Å². The molecule has 2 rings (SSSR count). The van der Waals surface area contributed by atoms with Gasteiger partial charge in [0.25, 0.3) is 0 Å². The van der Waals surface area contributed by atoms with Gasteiger partial charge in [-0.3, -0.25) is 0 Å². The van der Waals surface area contributed by atoms with Gasteiger partial charge >= 0.3 is 0 Å². The summed E-state index contributed by atoms with van der Waals surface area (Å²) in [6.07, 6.45) is 10.2. The van der Waals surface area contributed by atoms with Gasteiger partial charge in [-0.15, -0.1) is 0 Å². The van der Waals surface area contributed by atoms with E-state index < -0.39 is 0 Å². The molecule has 1 N–H and O–H groups in total. The Labute approximate surface area is 138 Å². The average Bonchev–Trinajstić information content (AvgIpc) is 2.46. The van der Waals surface area contributed by atoms with E-state index in [4.69, 9.17) is 23.2 Å². The molecule has 0 aliphatic heterocycles. The van der Waals surface area contributed by atoms with E-state index in [0.29, 0.717) is 16.0 Å². The van der Waals surface area contributed by atoms with E-state index in [1.54, 1.807) is 6.07 Å². The highest BCUT2D eigenvalue weighted by Crippen LogP contribution is 2.31. The number of hydrogen-bond donors (Lipinski definition) is 1. The van der Waals surface area contributed by atoms with Crippen LogP contribution in [0.2, 0.25) is 10.0 Å². The van der Waals surface area contributed by atoms with E-state index in [9.17, 15) is 0 Å². The van der Waals surface area contributed by atoms with Crippen LogP contribution in [0.25, 0.3) is 6.08 Å². The Hall–Kier alpha value is -0.500. The molecule has 0 saturated heterocycles. The minimum Gasteiger partial charge on any atom is -0.313 e. The zero-order chi connectivity index (χ0) is 15.1. The Balaban J connectivity index is 2.17. The average molecular weight is 326 g/mol. The molecule has 1 fully saturated rings. The Morgan fingerprint density at radius 1 is 1.14 bits per heavy atom. The summed E-state index contributed by atoms with van der Waals surface area (Å²) in [5.41, 5.74) is 2.62. The molecule has 0 aromatic heterocycles. The van der Waals surface area contributed by atoms with Gasteiger partial charge in [0.1, 0.15) is 0 Å². The van der Waals surface area contributed by atoms with Gasteiger partial charge in [0.05, 0.1) is 0 Å². The first kappa shape index (κ1) is 16.9. The third-order valence-corrected chi connectivity index (χ3v) is 4.56. The van der Waals surface area contributed by atoms with Gasteiger partial charge in [0.2, 0.25) is 0 Å². The van der Waals surface area contributed by atoms with Crippen LogP contribution in [0.1, 0.15) is 51.0 Å². The fourth-order valence-corrected chi connectivity index (χ4v) is 3.61. The summed E-state index contributed by atoms with van der Waals surface area (Å²) in [4.78, 5) is 0. The number of nitrogens with one attached hydrogen (secondary N) is 1. The molecule has 0 bridgehead atoms. The van der Waals surface area contributed by atoms with Crippen LogP contribution in [0, 0.1) is 5.92 Å². The summed E-state index contributed by atoms with van der Waals surface area (Å²) in [6.45, 7) is 4.25. The molecule has 1 aliphatic rings. The number of halogens is 2. The molecular formula is C18H25Cl2N. The quantitative estimate of drug-likeness (QED) is 0.636. The van der Waals surface area contributed by atoms with Crippen LogP contribution in [0.15, 0.2) is 23.8 Å². The lowest BCUT2D eigenvalue weighted by Crippen LogP contribution is -2.23. The van der Waals surface area contributed by atoms with E-state index in [0.717, 1.165) is 18.7 Å². The third kappa shape index (κ3) is 5.65. The second-order valence-electron chi connectivity index (χ2n) is 5.93. The standard InChI is InChI=1S/C18H25Cl2N/c1-2-8-21-13-16(15-6-4-3-5-7-15)9-14-10-17(19)12-18(20)11-14/h9-12,15,21H,2-8,13H2,1H3/b16-9-. The molecule has 1 aromatic rings. The van der Waals surface area contributed by atoms with E-state index in [2.05, 4.69) is 18.3 Å². The molecule has 0 atom stereocenters. The molecule has 116 valence electrons. The summed E-state index contributed by atoms with van der Waals surface area (Å²) in [5.74, 6) is 0.709. The van der Waals surface area contributed by atoms with Gasteiger partial charge in [0, 0.05) is 16.6 Å². The highest BCUT2D eigenvalue weighted by atomic mass is 35.5. The van der Waals surface area contributed by atoms with Crippen molar-refractivity contribution in [2.45, 2.75) is 45.4 Å². The molecular weight excluding hydrogens is 301 g/mol. The van der Waals surface area contributed by atoms with Crippen molar-refractivity contribution in [1.82, 2.24) is 5.32 Å². The van der Waals surface area contributed by atoms with Crippen molar-refractivity contribution in [1.29, 1.82) is 0 Å². The Kier molecular flexibility index (Phi) is 7.09. The Bertz CT molecular complexity index is 456. The Morgan fingerprint density at radius 2 is 1.81 bits per heavy atom. The van der Waals surface area contributed by atoms with E-state index in [1.165, 1.54) is 44.1 Å². The second-order valence-corrected chi connectivity index (χ2v) is 6.81. The van der Waals surface area contributed by atoms with Crippen molar-refractivity contribution in [3.05, 3.63) is 39.4 Å². The topological polar surface area (TPSA) is 12.0 Å². The Morgan fingerprint density at radius 3 is 2.43 bits per heavy atom. The van der Waals surface area contributed by atoms with Gasteiger partial charge < -0.3 is 5.32 Å². The van der Waals surface area contributed by atoms with Crippen molar-refractivity contribution in [3.8, 4) is 0 Å². The van der Waals surface area contributed by atoms with Crippen LogP contribution >= 0.6 is 23.2 Å². The molecule has 0 radical (unpaired) electrons. The van der Waals surface area contributed by atoms with Gasteiger partial charge in [-0.1, -0.05) is 61.0 Å². The molecule has 0 unspecified atom stereocenters. The summed E-state index contributed by atoms with van der Waals surface area (Å²) < 4.78 is 0. The molecule has 1 nitrogen and oxygen atoms in total. The molecule has 1 aliphatic carbocycles. The maximum absolute atomic E-state index is 6.12. The molecule has 1 aromatic carbocycles. The van der Waals surface area contributed by atoms with E-state index in [1.807, 2.05) is 12.1 Å². The summed E-state index contributed by atoms with van der Waals surface area (Å²) in [7, 11) is 0. The van der Waals surface area contributed by atoms with E-state index >= 15 is 0 Å². The fraction of sp³-hybridized carbons (Fsp3) is 0.556. The molecule has 0 amide bonds. The monoisotopic (exact) mass is 325 g/mol. The maximum Gasteiger partial charge on any atom is 0.0426 e. The first-order valence-electron chi connectivity index (χ1n) is 8.06. The largest absolute Gasteiger partial charge is 0.313 e. The number of hydrogen-bond acceptors (Lipinski definition) is 1. The first-order chi connectivity index (χ1) is 10.2. The predicted octanol–water partition coefficient (Wildman–Crippen LogP) is 5.96. The van der Waals surface area contributed by atoms with Gasteiger partial charge in [-0.05, 0) is 55.5 Å². The van der Waals surface area contributed by atoms with Crippen LogP contribution in [-0.4, -0.2) is 13.1 Å². The van der Waals surface area contributed by atoms with Gasteiger partial charge in [-0.2, -0.15) is 0 Å². The van der Waals surface area contributed by atoms with Crippen LogP contribution in [-0.2, 0) is 0 Å². The zero-order valence-corrected chi connectivity index (χ0v) is 14.3. The lowest BCUT2D eigenvalue weighted by atomic mass is 9.83. The summed E-state index contributed by atoms with van der Waals surface area (Å²) in [6, 6.07) is 5.78. The zero-order valence-electron chi connectivity index (χ0n) is 12.8. The van der Waals surface area contributed by atoms with Crippen LogP contribution in [0.5, 0.6) is 0 Å². The van der Waals surface area contributed by atoms with Crippen molar-refractivity contribution in [2.24, 2.45) is 5.92 Å². The van der Waals surface area contributed by atoms with E-state index in [-0.39, 0.29) is 0 Å². The molecule has 0 heterocycles. The first-order valence-corrected chi connectivity index (χ1v) is 8.82. The third-order valence-electron chi connectivity index (χ3n) is 4.12. The lowest BCUT2D eigenvalue weighted by molar-refractivity contribution is 0.396. The number of rotatable bonds is 6. The van der Waals surface area contributed by atoms with Crippen molar-refractivity contribution in [2.75, 3.05) is 13.1 Å². The normalized spacial score (nSPS) is 17.2. The smallest absolute Gasteiger partial charge is 0.0426 e. The second kappa shape index (κ2) is 8.82. The highest BCUT2D eigenvalue weighted by Gasteiger charge is 2.17. The minimum absolute atomic E-state index is 0.707. The van der Waals surface area contributed by atoms with Gasteiger partial charge in [0.15, 0.2) is 0 Å². The molecule has 0 spiro atoms. The molecule has 21 heavy (non-hydrogen) atoms. The van der Waals surface area contributed by atoms with Gasteiger partial charge in [-0.25, -0.2) is 0 Å². The minimum atomic E-state index is 0.707. The predicted molar refractivity (Wildman–Crippen MR) is 94.2 cm³/mol. The highest BCUT2D eigenvalue weighted by molar-refractivity contribution is 6.34. The summed E-state index contributed by atoms with van der Waals surface area (Å²) in [5, 5.41) is 4.96. The van der Waals surface area contributed by atoms with Crippen LogP contribution < -0.4 is 5.32 Å². The van der Waals surface area contributed by atoms with Crippen molar-refractivity contribution < 1.29 is 0 Å².